The number of carbonyl (C=O) groups is 1. The van der Waals surface area contributed by atoms with Crippen molar-refractivity contribution in [2.75, 3.05) is 65.6 Å². The summed E-state index contributed by atoms with van der Waals surface area (Å²) in [7, 11) is 0. The van der Waals surface area contributed by atoms with E-state index in [-0.39, 0.29) is 0 Å². The first-order chi connectivity index (χ1) is 7.88. The molecule has 5 nitrogen and oxygen atoms in total. The Morgan fingerprint density at radius 2 is 1.44 bits per heavy atom. The predicted octanol–water partition coefficient (Wildman–Crippen LogP) is -0.907. The molecule has 0 bridgehead atoms. The summed E-state index contributed by atoms with van der Waals surface area (Å²) in [5.41, 5.74) is 0. The van der Waals surface area contributed by atoms with Crippen LogP contribution in [0.2, 0.25) is 0 Å². The molecule has 2 aliphatic rings. The standard InChI is InChI=1S/C11H21N3O2/c15-11-14-5-3-12(4-6-14)1-2-13-7-9-16-10-8-13/h11H,1-10H2. The number of ether oxygens (including phenoxy) is 1. The number of carbonyl (C=O) groups excluding carboxylic acids is 1. The van der Waals surface area contributed by atoms with E-state index in [2.05, 4.69) is 9.80 Å². The SMILES string of the molecule is O=CN1CCN(CCN2CCOCC2)CC1. The van der Waals surface area contributed by atoms with Crippen LogP contribution in [0.25, 0.3) is 0 Å². The van der Waals surface area contributed by atoms with Crippen LogP contribution in [0.3, 0.4) is 0 Å². The van der Waals surface area contributed by atoms with Gasteiger partial charge in [0, 0.05) is 52.4 Å². The lowest BCUT2D eigenvalue weighted by atomic mass is 10.3. The second kappa shape index (κ2) is 6.18. The van der Waals surface area contributed by atoms with E-state index in [0.717, 1.165) is 72.0 Å². The van der Waals surface area contributed by atoms with Crippen LogP contribution < -0.4 is 0 Å². The Kier molecular flexibility index (Phi) is 4.56. The number of hydrogen-bond acceptors (Lipinski definition) is 4. The molecule has 2 heterocycles. The van der Waals surface area contributed by atoms with Crippen molar-refractivity contribution in [3.05, 3.63) is 0 Å². The van der Waals surface area contributed by atoms with Gasteiger partial charge in [-0.1, -0.05) is 0 Å². The molecule has 0 N–H and O–H groups in total. The molecule has 1 amide bonds. The maximum atomic E-state index is 10.6. The number of piperazine rings is 1. The lowest BCUT2D eigenvalue weighted by molar-refractivity contribution is -0.119. The molecule has 0 spiro atoms. The van der Waals surface area contributed by atoms with Crippen molar-refractivity contribution in [2.45, 2.75) is 0 Å². The number of morpholine rings is 1. The Morgan fingerprint density at radius 3 is 2.00 bits per heavy atom. The first kappa shape index (κ1) is 11.8. The van der Waals surface area contributed by atoms with Gasteiger partial charge in [-0.05, 0) is 0 Å². The van der Waals surface area contributed by atoms with Crippen LogP contribution in [0.4, 0.5) is 0 Å². The van der Waals surface area contributed by atoms with Crippen molar-refractivity contribution >= 4 is 6.41 Å². The smallest absolute Gasteiger partial charge is 0.209 e. The van der Waals surface area contributed by atoms with Gasteiger partial charge in [0.1, 0.15) is 0 Å². The Hall–Kier alpha value is -0.650. The second-order valence-corrected chi connectivity index (χ2v) is 4.44. The van der Waals surface area contributed by atoms with Gasteiger partial charge in [-0.15, -0.1) is 0 Å². The molecule has 16 heavy (non-hydrogen) atoms. The minimum absolute atomic E-state index is 0.874. The maximum absolute atomic E-state index is 10.6. The van der Waals surface area contributed by atoms with E-state index in [1.807, 2.05) is 4.90 Å². The zero-order valence-electron chi connectivity index (χ0n) is 9.81. The Balaban J connectivity index is 1.61. The highest BCUT2D eigenvalue weighted by molar-refractivity contribution is 5.47. The molecule has 2 fully saturated rings. The molecule has 2 aliphatic heterocycles. The van der Waals surface area contributed by atoms with Crippen LogP contribution >= 0.6 is 0 Å². The molecule has 5 heteroatoms. The van der Waals surface area contributed by atoms with Crippen molar-refractivity contribution < 1.29 is 9.53 Å². The van der Waals surface area contributed by atoms with Gasteiger partial charge in [-0.25, -0.2) is 0 Å². The molecule has 0 radical (unpaired) electrons. The third-order valence-electron chi connectivity index (χ3n) is 3.39. The fourth-order valence-electron chi connectivity index (χ4n) is 2.20. The van der Waals surface area contributed by atoms with Gasteiger partial charge >= 0.3 is 0 Å². The Morgan fingerprint density at radius 1 is 0.875 bits per heavy atom. The van der Waals surface area contributed by atoms with Gasteiger partial charge in [0.05, 0.1) is 13.2 Å². The van der Waals surface area contributed by atoms with Gasteiger partial charge in [-0.3, -0.25) is 14.6 Å². The fourth-order valence-corrected chi connectivity index (χ4v) is 2.20. The zero-order chi connectivity index (χ0) is 11.2. The Labute approximate surface area is 96.9 Å². The third kappa shape index (κ3) is 3.43. The van der Waals surface area contributed by atoms with Crippen LogP contribution in [-0.2, 0) is 9.53 Å². The van der Waals surface area contributed by atoms with Crippen LogP contribution in [-0.4, -0.2) is 86.7 Å². The Bertz CT molecular complexity index is 211. The average Bonchev–Trinajstić information content (AvgIpc) is 2.38. The summed E-state index contributed by atoms with van der Waals surface area (Å²) in [4.78, 5) is 17.3. The molecule has 0 saturated carbocycles. The molecule has 0 atom stereocenters. The van der Waals surface area contributed by atoms with E-state index in [4.69, 9.17) is 4.74 Å². The molecular weight excluding hydrogens is 206 g/mol. The van der Waals surface area contributed by atoms with E-state index >= 15 is 0 Å². The zero-order valence-corrected chi connectivity index (χ0v) is 9.81. The molecule has 0 unspecified atom stereocenters. The maximum Gasteiger partial charge on any atom is 0.209 e. The third-order valence-corrected chi connectivity index (χ3v) is 3.39. The van der Waals surface area contributed by atoms with Gasteiger partial charge in [-0.2, -0.15) is 0 Å². The average molecular weight is 227 g/mol. The van der Waals surface area contributed by atoms with Gasteiger partial charge in [0.25, 0.3) is 0 Å². The number of hydrogen-bond donors (Lipinski definition) is 0. The minimum atomic E-state index is 0.874. The molecule has 0 aromatic heterocycles. The summed E-state index contributed by atoms with van der Waals surface area (Å²) in [5.74, 6) is 0. The summed E-state index contributed by atoms with van der Waals surface area (Å²) >= 11 is 0. The summed E-state index contributed by atoms with van der Waals surface area (Å²) < 4.78 is 5.32. The molecular formula is C11H21N3O2. The summed E-state index contributed by atoms with van der Waals surface area (Å²) in [5, 5.41) is 0. The molecule has 0 aromatic carbocycles. The molecule has 92 valence electrons. The van der Waals surface area contributed by atoms with Crippen LogP contribution in [0.15, 0.2) is 0 Å². The fraction of sp³-hybridized carbons (Fsp3) is 0.909. The first-order valence-corrected chi connectivity index (χ1v) is 6.10. The number of rotatable bonds is 4. The molecule has 2 rings (SSSR count). The molecule has 0 aliphatic carbocycles. The number of nitrogens with zero attached hydrogens (tertiary/aromatic N) is 3. The van der Waals surface area contributed by atoms with Crippen molar-refractivity contribution in [2.24, 2.45) is 0 Å². The second-order valence-electron chi connectivity index (χ2n) is 4.44. The summed E-state index contributed by atoms with van der Waals surface area (Å²) in [6.45, 7) is 9.92. The van der Waals surface area contributed by atoms with Crippen LogP contribution in [0, 0.1) is 0 Å². The largest absolute Gasteiger partial charge is 0.379 e. The van der Waals surface area contributed by atoms with Crippen molar-refractivity contribution in [3.8, 4) is 0 Å². The highest BCUT2D eigenvalue weighted by Gasteiger charge is 2.16. The van der Waals surface area contributed by atoms with E-state index < -0.39 is 0 Å². The van der Waals surface area contributed by atoms with E-state index in [1.165, 1.54) is 0 Å². The summed E-state index contributed by atoms with van der Waals surface area (Å²) in [6, 6.07) is 0. The minimum Gasteiger partial charge on any atom is -0.379 e. The lowest BCUT2D eigenvalue weighted by Crippen LogP contribution is -2.48. The van der Waals surface area contributed by atoms with Crippen LogP contribution in [0.1, 0.15) is 0 Å². The van der Waals surface area contributed by atoms with Crippen LogP contribution in [0.5, 0.6) is 0 Å². The topological polar surface area (TPSA) is 36.0 Å². The van der Waals surface area contributed by atoms with Gasteiger partial charge in [0.2, 0.25) is 6.41 Å². The van der Waals surface area contributed by atoms with E-state index in [0.29, 0.717) is 0 Å². The highest BCUT2D eigenvalue weighted by atomic mass is 16.5. The quantitative estimate of drug-likeness (QED) is 0.583. The first-order valence-electron chi connectivity index (χ1n) is 6.10. The van der Waals surface area contributed by atoms with Crippen molar-refractivity contribution in [1.82, 2.24) is 14.7 Å². The van der Waals surface area contributed by atoms with Gasteiger partial charge < -0.3 is 9.64 Å². The monoisotopic (exact) mass is 227 g/mol. The summed E-state index contributed by atoms with van der Waals surface area (Å²) in [6.07, 6.45) is 0.958. The molecule has 2 saturated heterocycles. The normalized spacial score (nSPS) is 24.6. The molecule has 0 aromatic rings. The van der Waals surface area contributed by atoms with E-state index in [9.17, 15) is 4.79 Å². The van der Waals surface area contributed by atoms with Crippen molar-refractivity contribution in [1.29, 1.82) is 0 Å². The number of amides is 1. The lowest BCUT2D eigenvalue weighted by Gasteiger charge is -2.34. The van der Waals surface area contributed by atoms with Crippen molar-refractivity contribution in [3.63, 3.8) is 0 Å². The van der Waals surface area contributed by atoms with E-state index in [1.54, 1.807) is 0 Å². The van der Waals surface area contributed by atoms with Gasteiger partial charge in [0.15, 0.2) is 0 Å². The predicted molar refractivity (Wildman–Crippen MR) is 61.3 cm³/mol. The highest BCUT2D eigenvalue weighted by Crippen LogP contribution is 2.01.